The van der Waals surface area contributed by atoms with Crippen LogP contribution in [-0.2, 0) is 4.74 Å². The summed E-state index contributed by atoms with van der Waals surface area (Å²) in [6.45, 7) is 2.68. The highest BCUT2D eigenvalue weighted by molar-refractivity contribution is 4.93. The molecule has 2 saturated heterocycles. The number of hydrogen-bond donors (Lipinski definition) is 2. The van der Waals surface area contributed by atoms with Crippen LogP contribution in [0.15, 0.2) is 0 Å². The molecule has 64 valence electrons. The number of rotatable bonds is 0. The average molecular weight is 157 g/mol. The minimum absolute atomic E-state index is 0.0162. The molecule has 3 heteroatoms. The van der Waals surface area contributed by atoms with Crippen LogP contribution in [0.2, 0.25) is 0 Å². The van der Waals surface area contributed by atoms with E-state index in [0.29, 0.717) is 0 Å². The fourth-order valence-electron chi connectivity index (χ4n) is 2.02. The summed E-state index contributed by atoms with van der Waals surface area (Å²) in [4.78, 5) is 0. The largest absolute Gasteiger partial charge is 0.393 e. The third kappa shape index (κ3) is 1.41. The molecule has 2 rings (SSSR count). The Morgan fingerprint density at radius 3 is 3.09 bits per heavy atom. The second-order valence-corrected chi connectivity index (χ2v) is 3.60. The van der Waals surface area contributed by atoms with Crippen LogP contribution in [0.1, 0.15) is 19.3 Å². The fraction of sp³-hybridized carbons (Fsp3) is 1.00. The maximum Gasteiger partial charge on any atom is 0.0842 e. The van der Waals surface area contributed by atoms with Gasteiger partial charge in [-0.3, -0.25) is 0 Å². The van der Waals surface area contributed by atoms with Crippen LogP contribution in [0.3, 0.4) is 0 Å². The average Bonchev–Trinajstić information content (AvgIpc) is 2.37. The van der Waals surface area contributed by atoms with Gasteiger partial charge in [0.25, 0.3) is 0 Å². The summed E-state index contributed by atoms with van der Waals surface area (Å²) in [5, 5.41) is 12.7. The number of aliphatic hydroxyl groups excluding tert-OH is 1. The van der Waals surface area contributed by atoms with Gasteiger partial charge in [0.2, 0.25) is 0 Å². The summed E-state index contributed by atoms with van der Waals surface area (Å²) in [5.74, 6) is 0. The second-order valence-electron chi connectivity index (χ2n) is 3.60. The van der Waals surface area contributed by atoms with Gasteiger partial charge in [-0.05, 0) is 19.4 Å². The normalized spacial score (nSPS) is 45.0. The number of aliphatic hydroxyl groups is 1. The van der Waals surface area contributed by atoms with Crippen molar-refractivity contribution in [3.8, 4) is 0 Å². The number of hydrogen-bond acceptors (Lipinski definition) is 3. The van der Waals surface area contributed by atoms with Crippen molar-refractivity contribution in [2.45, 2.75) is 31.0 Å². The lowest BCUT2D eigenvalue weighted by Gasteiger charge is -2.35. The second kappa shape index (κ2) is 2.73. The van der Waals surface area contributed by atoms with Gasteiger partial charge in [-0.25, -0.2) is 0 Å². The molecule has 0 radical (unpaired) electrons. The Hall–Kier alpha value is -0.120. The third-order valence-electron chi connectivity index (χ3n) is 2.67. The lowest BCUT2D eigenvalue weighted by molar-refractivity contribution is -0.106. The predicted molar refractivity (Wildman–Crippen MR) is 41.4 cm³/mol. The molecule has 0 aromatic heterocycles. The first kappa shape index (κ1) is 7.53. The molecule has 2 heterocycles. The highest BCUT2D eigenvalue weighted by atomic mass is 16.5. The highest BCUT2D eigenvalue weighted by Crippen LogP contribution is 2.30. The summed E-state index contributed by atoms with van der Waals surface area (Å²) in [5.41, 5.74) is -0.0162. The Balaban J connectivity index is 2.00. The molecule has 2 aliphatic heterocycles. The fourth-order valence-corrected chi connectivity index (χ4v) is 2.02. The van der Waals surface area contributed by atoms with E-state index in [2.05, 4.69) is 5.32 Å². The minimum Gasteiger partial charge on any atom is -0.393 e. The summed E-state index contributed by atoms with van der Waals surface area (Å²) in [6.07, 6.45) is 2.55. The summed E-state index contributed by atoms with van der Waals surface area (Å²) in [6, 6.07) is 0. The lowest BCUT2D eigenvalue weighted by Crippen LogP contribution is -2.43. The zero-order valence-electron chi connectivity index (χ0n) is 6.68. The molecule has 11 heavy (non-hydrogen) atoms. The monoisotopic (exact) mass is 157 g/mol. The molecule has 1 spiro atoms. The first-order valence-electron chi connectivity index (χ1n) is 4.34. The molecule has 0 bridgehead atoms. The van der Waals surface area contributed by atoms with Crippen LogP contribution in [0.5, 0.6) is 0 Å². The van der Waals surface area contributed by atoms with Gasteiger partial charge in [0.15, 0.2) is 0 Å². The Morgan fingerprint density at radius 2 is 2.45 bits per heavy atom. The quantitative estimate of drug-likeness (QED) is 0.515. The van der Waals surface area contributed by atoms with Crippen molar-refractivity contribution in [1.82, 2.24) is 5.32 Å². The first-order chi connectivity index (χ1) is 5.31. The molecule has 2 atom stereocenters. The summed E-state index contributed by atoms with van der Waals surface area (Å²) < 4.78 is 5.67. The van der Waals surface area contributed by atoms with E-state index in [1.54, 1.807) is 0 Å². The van der Waals surface area contributed by atoms with Crippen molar-refractivity contribution in [2.75, 3.05) is 19.7 Å². The minimum atomic E-state index is -0.136. The SMILES string of the molecule is O[C@@H]1CCO[C@@]2(CCNC2)C1. The Labute approximate surface area is 66.7 Å². The molecular formula is C8H15NO2. The van der Waals surface area contributed by atoms with Gasteiger partial charge in [0.1, 0.15) is 0 Å². The lowest BCUT2D eigenvalue weighted by atomic mass is 9.91. The van der Waals surface area contributed by atoms with Gasteiger partial charge in [-0.1, -0.05) is 0 Å². The number of nitrogens with one attached hydrogen (secondary N) is 1. The van der Waals surface area contributed by atoms with Gasteiger partial charge >= 0.3 is 0 Å². The summed E-state index contributed by atoms with van der Waals surface area (Å²) in [7, 11) is 0. The molecule has 3 nitrogen and oxygen atoms in total. The van der Waals surface area contributed by atoms with Gasteiger partial charge in [-0.15, -0.1) is 0 Å². The van der Waals surface area contributed by atoms with E-state index < -0.39 is 0 Å². The van der Waals surface area contributed by atoms with Crippen LogP contribution < -0.4 is 5.32 Å². The molecule has 0 unspecified atom stereocenters. The van der Waals surface area contributed by atoms with E-state index >= 15 is 0 Å². The molecule has 0 aromatic carbocycles. The first-order valence-corrected chi connectivity index (χ1v) is 4.34. The van der Waals surface area contributed by atoms with Crippen molar-refractivity contribution >= 4 is 0 Å². The molecule has 0 aromatic rings. The summed E-state index contributed by atoms with van der Waals surface area (Å²) >= 11 is 0. The van der Waals surface area contributed by atoms with E-state index in [0.717, 1.165) is 39.0 Å². The van der Waals surface area contributed by atoms with Gasteiger partial charge in [0, 0.05) is 19.6 Å². The zero-order valence-corrected chi connectivity index (χ0v) is 6.68. The van der Waals surface area contributed by atoms with Crippen molar-refractivity contribution in [1.29, 1.82) is 0 Å². The van der Waals surface area contributed by atoms with Crippen molar-refractivity contribution in [3.63, 3.8) is 0 Å². The van der Waals surface area contributed by atoms with Gasteiger partial charge in [-0.2, -0.15) is 0 Å². The van der Waals surface area contributed by atoms with Crippen molar-refractivity contribution in [3.05, 3.63) is 0 Å². The maximum atomic E-state index is 9.43. The number of ether oxygens (including phenoxy) is 1. The molecule has 0 saturated carbocycles. The van der Waals surface area contributed by atoms with E-state index in [1.165, 1.54) is 0 Å². The molecular weight excluding hydrogens is 142 g/mol. The molecule has 2 aliphatic rings. The molecule has 0 aliphatic carbocycles. The Kier molecular flexibility index (Phi) is 1.87. The zero-order chi connectivity index (χ0) is 7.73. The maximum absolute atomic E-state index is 9.43. The highest BCUT2D eigenvalue weighted by Gasteiger charge is 2.39. The molecule has 0 amide bonds. The third-order valence-corrected chi connectivity index (χ3v) is 2.67. The van der Waals surface area contributed by atoms with E-state index in [-0.39, 0.29) is 11.7 Å². The van der Waals surface area contributed by atoms with Crippen molar-refractivity contribution < 1.29 is 9.84 Å². The van der Waals surface area contributed by atoms with Crippen LogP contribution in [-0.4, -0.2) is 36.5 Å². The van der Waals surface area contributed by atoms with Gasteiger partial charge in [0.05, 0.1) is 11.7 Å². The smallest absolute Gasteiger partial charge is 0.0842 e. The van der Waals surface area contributed by atoms with Crippen LogP contribution in [0, 0.1) is 0 Å². The Bertz CT molecular complexity index is 143. The van der Waals surface area contributed by atoms with Crippen molar-refractivity contribution in [2.24, 2.45) is 0 Å². The van der Waals surface area contributed by atoms with E-state index in [9.17, 15) is 5.11 Å². The van der Waals surface area contributed by atoms with Crippen LogP contribution >= 0.6 is 0 Å². The molecule has 2 N–H and O–H groups in total. The standard InChI is InChI=1S/C8H15NO2/c10-7-1-4-11-8(5-7)2-3-9-6-8/h7,9-10H,1-6H2/t7-,8+/m1/s1. The topological polar surface area (TPSA) is 41.5 Å². The molecule has 2 fully saturated rings. The van der Waals surface area contributed by atoms with Crippen LogP contribution in [0.25, 0.3) is 0 Å². The van der Waals surface area contributed by atoms with E-state index in [1.807, 2.05) is 0 Å². The predicted octanol–water partition coefficient (Wildman–Crippen LogP) is -0.110. The van der Waals surface area contributed by atoms with E-state index in [4.69, 9.17) is 4.74 Å². The van der Waals surface area contributed by atoms with Crippen LogP contribution in [0.4, 0.5) is 0 Å². The Morgan fingerprint density at radius 1 is 1.55 bits per heavy atom. The van der Waals surface area contributed by atoms with Gasteiger partial charge < -0.3 is 15.2 Å².